The Hall–Kier alpha value is -2.40. The molecule has 100 valence electrons. The number of benzene rings is 1. The molecule has 0 amide bonds. The highest BCUT2D eigenvalue weighted by molar-refractivity contribution is 6.30. The third-order valence-electron chi connectivity index (χ3n) is 2.90. The molecule has 0 spiro atoms. The van der Waals surface area contributed by atoms with E-state index in [0.29, 0.717) is 16.4 Å². The van der Waals surface area contributed by atoms with Gasteiger partial charge in [-0.15, -0.1) is 0 Å². The predicted molar refractivity (Wildman–Crippen MR) is 74.4 cm³/mol. The summed E-state index contributed by atoms with van der Waals surface area (Å²) in [7, 11) is 0. The number of hydrogen-bond acceptors (Lipinski definition) is 5. The molecule has 1 aromatic carbocycles. The SMILES string of the molecule is Cc1ccncc1-c1noc(-c2cc(Cl)ccc2O)n1. The van der Waals surface area contributed by atoms with Gasteiger partial charge in [-0.2, -0.15) is 4.98 Å². The molecule has 0 fully saturated rings. The molecular weight excluding hydrogens is 278 g/mol. The molecule has 0 aliphatic carbocycles. The average Bonchev–Trinajstić information content (AvgIpc) is 2.91. The van der Waals surface area contributed by atoms with Gasteiger partial charge in [-0.25, -0.2) is 0 Å². The molecular formula is C14H10ClN3O2. The third kappa shape index (κ3) is 2.23. The van der Waals surface area contributed by atoms with Gasteiger partial charge in [0.25, 0.3) is 5.89 Å². The van der Waals surface area contributed by atoms with Gasteiger partial charge >= 0.3 is 0 Å². The Morgan fingerprint density at radius 2 is 2.05 bits per heavy atom. The quantitative estimate of drug-likeness (QED) is 0.781. The number of phenols is 1. The van der Waals surface area contributed by atoms with Crippen LogP contribution in [0.4, 0.5) is 0 Å². The highest BCUT2D eigenvalue weighted by atomic mass is 35.5. The van der Waals surface area contributed by atoms with Crippen molar-refractivity contribution in [3.8, 4) is 28.6 Å². The maximum atomic E-state index is 9.82. The van der Waals surface area contributed by atoms with Crippen molar-refractivity contribution < 1.29 is 9.63 Å². The Morgan fingerprint density at radius 3 is 2.85 bits per heavy atom. The molecule has 3 rings (SSSR count). The minimum absolute atomic E-state index is 0.0347. The van der Waals surface area contributed by atoms with Gasteiger partial charge in [-0.1, -0.05) is 16.8 Å². The topological polar surface area (TPSA) is 72.0 Å². The van der Waals surface area contributed by atoms with Crippen molar-refractivity contribution in [3.63, 3.8) is 0 Å². The normalized spacial score (nSPS) is 10.7. The lowest BCUT2D eigenvalue weighted by atomic mass is 10.1. The molecule has 5 nitrogen and oxygen atoms in total. The lowest BCUT2D eigenvalue weighted by Crippen LogP contribution is -1.87. The number of halogens is 1. The van der Waals surface area contributed by atoms with Crippen molar-refractivity contribution >= 4 is 11.6 Å². The van der Waals surface area contributed by atoms with E-state index < -0.39 is 0 Å². The molecule has 0 saturated carbocycles. The smallest absolute Gasteiger partial charge is 0.262 e. The Morgan fingerprint density at radius 1 is 1.20 bits per heavy atom. The molecule has 0 aliphatic rings. The maximum absolute atomic E-state index is 9.82. The van der Waals surface area contributed by atoms with Crippen LogP contribution in [0.5, 0.6) is 5.75 Å². The van der Waals surface area contributed by atoms with Gasteiger partial charge in [0, 0.05) is 23.0 Å². The molecule has 0 saturated heterocycles. The van der Waals surface area contributed by atoms with E-state index in [0.717, 1.165) is 11.1 Å². The summed E-state index contributed by atoms with van der Waals surface area (Å²) in [5, 5.41) is 14.2. The zero-order valence-corrected chi connectivity index (χ0v) is 11.3. The van der Waals surface area contributed by atoms with Gasteiger partial charge in [0.1, 0.15) is 5.75 Å². The van der Waals surface area contributed by atoms with Crippen LogP contribution in [0.3, 0.4) is 0 Å². The van der Waals surface area contributed by atoms with Crippen LogP contribution in [0, 0.1) is 6.92 Å². The zero-order chi connectivity index (χ0) is 14.1. The van der Waals surface area contributed by atoms with Crippen LogP contribution in [0.25, 0.3) is 22.8 Å². The van der Waals surface area contributed by atoms with Crippen molar-refractivity contribution in [2.45, 2.75) is 6.92 Å². The average molecular weight is 288 g/mol. The number of aromatic nitrogens is 3. The standard InChI is InChI=1S/C14H10ClN3O2/c1-8-4-5-16-7-11(8)13-17-14(20-18-13)10-6-9(15)2-3-12(10)19/h2-7,19H,1H3. The van der Waals surface area contributed by atoms with Crippen molar-refractivity contribution in [3.05, 3.63) is 47.2 Å². The summed E-state index contributed by atoms with van der Waals surface area (Å²) in [4.78, 5) is 8.32. The molecule has 0 radical (unpaired) electrons. The maximum Gasteiger partial charge on any atom is 0.262 e. The lowest BCUT2D eigenvalue weighted by Gasteiger charge is -1.99. The Kier molecular flexibility index (Phi) is 3.12. The first-order valence-electron chi connectivity index (χ1n) is 5.89. The van der Waals surface area contributed by atoms with Crippen LogP contribution in [0.1, 0.15) is 5.56 Å². The summed E-state index contributed by atoms with van der Waals surface area (Å²) in [5.74, 6) is 0.667. The fourth-order valence-corrected chi connectivity index (χ4v) is 1.99. The van der Waals surface area contributed by atoms with Crippen LogP contribution >= 0.6 is 11.6 Å². The minimum Gasteiger partial charge on any atom is -0.507 e. The minimum atomic E-state index is 0.0347. The molecule has 0 aliphatic heterocycles. The van der Waals surface area contributed by atoms with E-state index in [2.05, 4.69) is 15.1 Å². The summed E-state index contributed by atoms with van der Waals surface area (Å²) in [6, 6.07) is 6.51. The van der Waals surface area contributed by atoms with Crippen LogP contribution in [0.15, 0.2) is 41.2 Å². The van der Waals surface area contributed by atoms with E-state index in [1.807, 2.05) is 13.0 Å². The van der Waals surface area contributed by atoms with Crippen molar-refractivity contribution in [2.75, 3.05) is 0 Å². The van der Waals surface area contributed by atoms with Gasteiger partial charge in [0.15, 0.2) is 0 Å². The second kappa shape index (κ2) is 4.94. The summed E-state index contributed by atoms with van der Waals surface area (Å²) in [6.45, 7) is 1.93. The number of rotatable bonds is 2. The summed E-state index contributed by atoms with van der Waals surface area (Å²) >= 11 is 5.90. The molecule has 0 bridgehead atoms. The number of nitrogens with zero attached hydrogens (tertiary/aromatic N) is 3. The molecule has 1 N–H and O–H groups in total. The summed E-state index contributed by atoms with van der Waals surface area (Å²) in [5.41, 5.74) is 2.17. The first kappa shape index (κ1) is 12.6. The van der Waals surface area contributed by atoms with E-state index in [1.54, 1.807) is 24.5 Å². The van der Waals surface area contributed by atoms with Crippen molar-refractivity contribution in [1.29, 1.82) is 0 Å². The van der Waals surface area contributed by atoms with Crippen molar-refractivity contribution in [2.24, 2.45) is 0 Å². The second-order valence-electron chi connectivity index (χ2n) is 4.28. The highest BCUT2D eigenvalue weighted by Gasteiger charge is 2.15. The lowest BCUT2D eigenvalue weighted by molar-refractivity contribution is 0.425. The third-order valence-corrected chi connectivity index (χ3v) is 3.13. The fraction of sp³-hybridized carbons (Fsp3) is 0.0714. The largest absolute Gasteiger partial charge is 0.507 e. The Balaban J connectivity index is 2.07. The second-order valence-corrected chi connectivity index (χ2v) is 4.71. The van der Waals surface area contributed by atoms with Crippen LogP contribution in [-0.2, 0) is 0 Å². The van der Waals surface area contributed by atoms with Gasteiger partial charge in [-0.05, 0) is 36.8 Å². The molecule has 2 heterocycles. The van der Waals surface area contributed by atoms with Gasteiger partial charge in [0.2, 0.25) is 5.82 Å². The van der Waals surface area contributed by atoms with Gasteiger partial charge in [0.05, 0.1) is 5.56 Å². The Bertz CT molecular complexity index is 771. The van der Waals surface area contributed by atoms with Crippen LogP contribution in [-0.4, -0.2) is 20.2 Å². The van der Waals surface area contributed by atoms with Gasteiger partial charge in [-0.3, -0.25) is 4.98 Å². The number of hydrogen-bond donors (Lipinski definition) is 1. The van der Waals surface area contributed by atoms with E-state index in [-0.39, 0.29) is 11.6 Å². The van der Waals surface area contributed by atoms with E-state index in [4.69, 9.17) is 16.1 Å². The predicted octanol–water partition coefficient (Wildman–Crippen LogP) is 3.47. The molecule has 2 aromatic heterocycles. The fourth-order valence-electron chi connectivity index (χ4n) is 1.82. The molecule has 20 heavy (non-hydrogen) atoms. The molecule has 0 unspecified atom stereocenters. The first-order chi connectivity index (χ1) is 9.65. The molecule has 3 aromatic rings. The molecule has 6 heteroatoms. The highest BCUT2D eigenvalue weighted by Crippen LogP contribution is 2.32. The monoisotopic (exact) mass is 287 g/mol. The van der Waals surface area contributed by atoms with Crippen LogP contribution < -0.4 is 0 Å². The number of aryl methyl sites for hydroxylation is 1. The first-order valence-corrected chi connectivity index (χ1v) is 6.26. The number of aromatic hydroxyl groups is 1. The van der Waals surface area contributed by atoms with Gasteiger partial charge < -0.3 is 9.63 Å². The number of phenolic OH excluding ortho intramolecular Hbond substituents is 1. The Labute approximate surface area is 119 Å². The zero-order valence-electron chi connectivity index (χ0n) is 10.5. The number of pyridine rings is 1. The van der Waals surface area contributed by atoms with E-state index >= 15 is 0 Å². The van der Waals surface area contributed by atoms with Crippen molar-refractivity contribution in [1.82, 2.24) is 15.1 Å². The summed E-state index contributed by atoms with van der Waals surface area (Å²) < 4.78 is 5.19. The summed E-state index contributed by atoms with van der Waals surface area (Å²) in [6.07, 6.45) is 3.37. The van der Waals surface area contributed by atoms with Crippen LogP contribution in [0.2, 0.25) is 5.02 Å². The molecule has 0 atom stereocenters. The van der Waals surface area contributed by atoms with E-state index in [9.17, 15) is 5.11 Å². The van der Waals surface area contributed by atoms with E-state index in [1.165, 1.54) is 6.07 Å².